The van der Waals surface area contributed by atoms with Crippen LogP contribution in [-0.4, -0.2) is 23.5 Å². The van der Waals surface area contributed by atoms with Gasteiger partial charge in [-0.2, -0.15) is 0 Å². The van der Waals surface area contributed by atoms with Gasteiger partial charge in [0, 0.05) is 17.1 Å². The van der Waals surface area contributed by atoms with Crippen LogP contribution in [0.3, 0.4) is 0 Å². The Bertz CT molecular complexity index is 929. The highest BCUT2D eigenvalue weighted by Gasteiger charge is 2.10. The highest BCUT2D eigenvalue weighted by atomic mass is 32.1. The maximum absolute atomic E-state index is 12.2. The van der Waals surface area contributed by atoms with Gasteiger partial charge in [0.25, 0.3) is 0 Å². The fourth-order valence-corrected chi connectivity index (χ4v) is 3.94. The van der Waals surface area contributed by atoms with E-state index in [0.717, 1.165) is 21.1 Å². The molecule has 0 saturated carbocycles. The fraction of sp³-hybridized carbons (Fsp3) is 0.150. The smallest absolute Gasteiger partial charge is 0.330 e. The summed E-state index contributed by atoms with van der Waals surface area (Å²) in [6.45, 7) is 2.11. The van der Waals surface area contributed by atoms with Gasteiger partial charge in [0.2, 0.25) is 5.91 Å². The SMILES string of the molecule is CCOC(=O)/C=C/c1ccc(NC(=O)Cc2csc(-c3cccs3)n2)cc1. The first kappa shape index (κ1) is 19.0. The monoisotopic (exact) mass is 398 g/mol. The molecule has 0 unspecified atom stereocenters. The Morgan fingerprint density at radius 3 is 2.70 bits per heavy atom. The number of thiophene rings is 1. The number of benzene rings is 1. The zero-order valence-electron chi connectivity index (χ0n) is 14.7. The third-order valence-electron chi connectivity index (χ3n) is 3.52. The first-order chi connectivity index (χ1) is 13.1. The Hall–Kier alpha value is -2.77. The Balaban J connectivity index is 1.54. The summed E-state index contributed by atoms with van der Waals surface area (Å²) in [6.07, 6.45) is 3.28. The first-order valence-electron chi connectivity index (χ1n) is 8.37. The summed E-state index contributed by atoms with van der Waals surface area (Å²) in [5.74, 6) is -0.493. The summed E-state index contributed by atoms with van der Waals surface area (Å²) in [5, 5.41) is 7.72. The zero-order chi connectivity index (χ0) is 19.1. The average Bonchev–Trinajstić information content (AvgIpc) is 3.33. The standard InChI is InChI=1S/C20H18N2O3S2/c1-2-25-19(24)10-7-14-5-8-15(9-6-14)21-18(23)12-16-13-27-20(22-16)17-4-3-11-26-17/h3-11,13H,2,12H2,1H3,(H,21,23)/b10-7+. The Morgan fingerprint density at radius 1 is 1.19 bits per heavy atom. The van der Waals surface area contributed by atoms with E-state index in [2.05, 4.69) is 10.3 Å². The summed E-state index contributed by atoms with van der Waals surface area (Å²) in [4.78, 5) is 29.2. The molecular weight excluding hydrogens is 380 g/mol. The normalized spacial score (nSPS) is 10.9. The summed E-state index contributed by atoms with van der Waals surface area (Å²) in [7, 11) is 0. The number of anilines is 1. The van der Waals surface area contributed by atoms with E-state index >= 15 is 0 Å². The number of carbonyl (C=O) groups excluding carboxylic acids is 2. The molecule has 2 aromatic heterocycles. The first-order valence-corrected chi connectivity index (χ1v) is 10.1. The van der Waals surface area contributed by atoms with Gasteiger partial charge in [0.05, 0.1) is 23.6 Å². The number of carbonyl (C=O) groups is 2. The molecule has 0 aliphatic carbocycles. The van der Waals surface area contributed by atoms with Crippen molar-refractivity contribution in [3.05, 3.63) is 64.5 Å². The van der Waals surface area contributed by atoms with Gasteiger partial charge >= 0.3 is 5.97 Å². The predicted octanol–water partition coefficient (Wildman–Crippen LogP) is 4.63. The molecule has 0 spiro atoms. The molecule has 0 aliphatic rings. The second kappa shape index (κ2) is 9.25. The van der Waals surface area contributed by atoms with Crippen molar-refractivity contribution in [2.45, 2.75) is 13.3 Å². The highest BCUT2D eigenvalue weighted by Crippen LogP contribution is 2.28. The second-order valence-corrected chi connectivity index (χ2v) is 7.36. The van der Waals surface area contributed by atoms with Gasteiger partial charge in [0.1, 0.15) is 5.01 Å². The molecule has 27 heavy (non-hydrogen) atoms. The average molecular weight is 399 g/mol. The molecule has 0 fully saturated rings. The van der Waals surface area contributed by atoms with Crippen LogP contribution in [0.25, 0.3) is 16.0 Å². The molecular formula is C20H18N2O3S2. The van der Waals surface area contributed by atoms with Gasteiger partial charge in [-0.15, -0.1) is 22.7 Å². The highest BCUT2D eigenvalue weighted by molar-refractivity contribution is 7.20. The van der Waals surface area contributed by atoms with E-state index in [4.69, 9.17) is 4.74 Å². The molecule has 0 aliphatic heterocycles. The Kier molecular flexibility index (Phi) is 6.51. The van der Waals surface area contributed by atoms with E-state index in [1.54, 1.807) is 47.8 Å². The van der Waals surface area contributed by atoms with Crippen molar-refractivity contribution < 1.29 is 14.3 Å². The zero-order valence-corrected chi connectivity index (χ0v) is 16.3. The second-order valence-electron chi connectivity index (χ2n) is 5.55. The van der Waals surface area contributed by atoms with Crippen LogP contribution in [-0.2, 0) is 20.7 Å². The fourth-order valence-electron chi connectivity index (χ4n) is 2.30. The number of nitrogens with one attached hydrogen (secondary N) is 1. The number of thiazole rings is 1. The molecule has 3 rings (SSSR count). The predicted molar refractivity (Wildman–Crippen MR) is 110 cm³/mol. The van der Waals surface area contributed by atoms with Crippen LogP contribution < -0.4 is 5.32 Å². The molecule has 0 saturated heterocycles. The maximum atomic E-state index is 12.2. The minimum Gasteiger partial charge on any atom is -0.463 e. The number of hydrogen-bond acceptors (Lipinski definition) is 6. The van der Waals surface area contributed by atoms with Crippen molar-refractivity contribution >= 4 is 46.3 Å². The molecule has 1 amide bonds. The molecule has 0 radical (unpaired) electrons. The van der Waals surface area contributed by atoms with Gasteiger partial charge in [0.15, 0.2) is 0 Å². The van der Waals surface area contributed by atoms with Crippen molar-refractivity contribution in [1.82, 2.24) is 4.98 Å². The van der Waals surface area contributed by atoms with Gasteiger partial charge in [-0.25, -0.2) is 9.78 Å². The van der Waals surface area contributed by atoms with Crippen LogP contribution in [0.5, 0.6) is 0 Å². The molecule has 1 N–H and O–H groups in total. The third kappa shape index (κ3) is 5.60. The number of nitrogens with zero attached hydrogens (tertiary/aromatic N) is 1. The molecule has 138 valence electrons. The van der Waals surface area contributed by atoms with Crippen molar-refractivity contribution in [3.63, 3.8) is 0 Å². The van der Waals surface area contributed by atoms with Crippen LogP contribution in [0.4, 0.5) is 5.69 Å². The van der Waals surface area contributed by atoms with Crippen molar-refractivity contribution in [1.29, 1.82) is 0 Å². The lowest BCUT2D eigenvalue weighted by Gasteiger charge is -2.04. The maximum Gasteiger partial charge on any atom is 0.330 e. The van der Waals surface area contributed by atoms with E-state index in [0.29, 0.717) is 12.3 Å². The van der Waals surface area contributed by atoms with E-state index in [1.165, 1.54) is 6.08 Å². The quantitative estimate of drug-likeness (QED) is 0.465. The molecule has 1 aromatic carbocycles. The third-order valence-corrected chi connectivity index (χ3v) is 5.45. The number of rotatable bonds is 7. The van der Waals surface area contributed by atoms with Crippen molar-refractivity contribution in [3.8, 4) is 9.88 Å². The summed E-state index contributed by atoms with van der Waals surface area (Å²) >= 11 is 3.18. The number of hydrogen-bond donors (Lipinski definition) is 1. The molecule has 0 atom stereocenters. The minimum absolute atomic E-state index is 0.118. The summed E-state index contributed by atoms with van der Waals surface area (Å²) in [6, 6.07) is 11.2. The molecule has 0 bridgehead atoms. The summed E-state index contributed by atoms with van der Waals surface area (Å²) < 4.78 is 4.83. The van der Waals surface area contributed by atoms with E-state index in [1.807, 2.05) is 35.0 Å². The van der Waals surface area contributed by atoms with Crippen LogP contribution in [0, 0.1) is 0 Å². The lowest BCUT2D eigenvalue weighted by molar-refractivity contribution is -0.137. The minimum atomic E-state index is -0.375. The summed E-state index contributed by atoms with van der Waals surface area (Å²) in [5.41, 5.74) is 2.30. The van der Waals surface area contributed by atoms with Gasteiger partial charge < -0.3 is 10.1 Å². The van der Waals surface area contributed by atoms with Crippen LogP contribution in [0.2, 0.25) is 0 Å². The molecule has 5 nitrogen and oxygen atoms in total. The van der Waals surface area contributed by atoms with Gasteiger partial charge in [-0.05, 0) is 42.1 Å². The molecule has 2 heterocycles. The number of ether oxygens (including phenoxy) is 1. The van der Waals surface area contributed by atoms with E-state index in [-0.39, 0.29) is 18.3 Å². The van der Waals surface area contributed by atoms with E-state index < -0.39 is 0 Å². The van der Waals surface area contributed by atoms with Crippen LogP contribution in [0.15, 0.2) is 53.2 Å². The van der Waals surface area contributed by atoms with Gasteiger partial charge in [-0.1, -0.05) is 18.2 Å². The van der Waals surface area contributed by atoms with Crippen molar-refractivity contribution in [2.24, 2.45) is 0 Å². The topological polar surface area (TPSA) is 68.3 Å². The Morgan fingerprint density at radius 2 is 2.00 bits per heavy atom. The number of amides is 1. The number of esters is 1. The lowest BCUT2D eigenvalue weighted by Crippen LogP contribution is -2.14. The van der Waals surface area contributed by atoms with E-state index in [9.17, 15) is 9.59 Å². The number of aromatic nitrogens is 1. The van der Waals surface area contributed by atoms with Crippen LogP contribution >= 0.6 is 22.7 Å². The lowest BCUT2D eigenvalue weighted by atomic mass is 10.2. The Labute approximate surface area is 165 Å². The molecule has 7 heteroatoms. The molecule has 3 aromatic rings. The van der Waals surface area contributed by atoms with Crippen LogP contribution in [0.1, 0.15) is 18.2 Å². The largest absolute Gasteiger partial charge is 0.463 e. The van der Waals surface area contributed by atoms with Crippen molar-refractivity contribution in [2.75, 3.05) is 11.9 Å². The van der Waals surface area contributed by atoms with Gasteiger partial charge in [-0.3, -0.25) is 4.79 Å².